The van der Waals surface area contributed by atoms with Gasteiger partial charge >= 0.3 is 6.16 Å². The molecule has 0 saturated carbocycles. The number of hydrogen-bond donors (Lipinski definition) is 0. The third kappa shape index (κ3) is 7.89. The summed E-state index contributed by atoms with van der Waals surface area (Å²) in [4.78, 5) is 23.5. The monoisotopic (exact) mass is 673 g/mol. The molecule has 6 rings (SSSR count). The fourth-order valence-electron chi connectivity index (χ4n) is 5.76. The van der Waals surface area contributed by atoms with Gasteiger partial charge in [-0.25, -0.2) is 4.79 Å². The van der Waals surface area contributed by atoms with E-state index in [2.05, 4.69) is 10.1 Å². The first-order chi connectivity index (χ1) is 23.2. The quantitative estimate of drug-likeness (QED) is 0.128. The van der Waals surface area contributed by atoms with Gasteiger partial charge in [-0.05, 0) is 62.4 Å². The molecule has 0 bridgehead atoms. The molecular formula is C36H39N3O8S. The highest BCUT2D eigenvalue weighted by atomic mass is 32.1. The van der Waals surface area contributed by atoms with E-state index in [1.165, 1.54) is 0 Å². The van der Waals surface area contributed by atoms with Gasteiger partial charge in [-0.2, -0.15) is 4.98 Å². The number of fused-ring (bicyclic) bond motifs is 1. The van der Waals surface area contributed by atoms with Crippen LogP contribution in [-0.2, 0) is 27.5 Å². The van der Waals surface area contributed by atoms with Gasteiger partial charge in [0.05, 0.1) is 38.4 Å². The molecule has 252 valence electrons. The maximum Gasteiger partial charge on any atom is 0.528 e. The van der Waals surface area contributed by atoms with Crippen molar-refractivity contribution in [1.82, 2.24) is 15.2 Å². The highest BCUT2D eigenvalue weighted by molar-refractivity contribution is 7.13. The number of hydrogen-bond acceptors (Lipinski definition) is 12. The molecule has 48 heavy (non-hydrogen) atoms. The highest BCUT2D eigenvalue weighted by Gasteiger charge is 2.34. The number of ether oxygens (including phenoxy) is 5. The third-order valence-corrected chi connectivity index (χ3v) is 8.77. The minimum absolute atomic E-state index is 0.00942. The number of methoxy groups -OCH3 is 2. The summed E-state index contributed by atoms with van der Waals surface area (Å²) in [5, 5.41) is 9.51. The molecule has 2 atom stereocenters. The smallest absolute Gasteiger partial charge is 0.496 e. The van der Waals surface area contributed by atoms with Crippen LogP contribution in [0.5, 0.6) is 17.2 Å². The summed E-state index contributed by atoms with van der Waals surface area (Å²) < 4.78 is 34.9. The summed E-state index contributed by atoms with van der Waals surface area (Å²) in [6.45, 7) is 6.67. The third-order valence-electron chi connectivity index (χ3n) is 7.91. The second kappa shape index (κ2) is 14.6. The minimum atomic E-state index is -0.745. The van der Waals surface area contributed by atoms with Crippen LogP contribution in [0.4, 0.5) is 4.79 Å². The lowest BCUT2D eigenvalue weighted by atomic mass is 9.87. The van der Waals surface area contributed by atoms with Crippen LogP contribution >= 0.6 is 11.3 Å². The lowest BCUT2D eigenvalue weighted by Crippen LogP contribution is -2.45. The van der Waals surface area contributed by atoms with Crippen LogP contribution in [0.15, 0.2) is 76.6 Å². The van der Waals surface area contributed by atoms with E-state index in [0.717, 1.165) is 38.3 Å². The standard InChI is InChI=1S/C36H39N3O8S/c1-36(2,3)45-35(40)47-39-17-16-26(23-12-14-25(15-13-23)43-22-32-37-34(38-46-32)31-11-8-18-48-31)30(20-39)44-21-24-19-29(41-4)27-9-6-7-10-28(27)33(24)42-5/h6-15,18-19,26,30H,16-17,20-22H2,1-5H3. The van der Waals surface area contributed by atoms with Crippen molar-refractivity contribution in [1.29, 1.82) is 0 Å². The Morgan fingerprint density at radius 2 is 1.79 bits per heavy atom. The van der Waals surface area contributed by atoms with E-state index in [-0.39, 0.29) is 25.2 Å². The SMILES string of the molecule is COc1cc(COC2CN(OC(=O)OC(C)(C)C)CCC2c2ccc(OCc3nc(-c4cccs4)no3)cc2)c(OC)c2ccccc12. The molecule has 0 amide bonds. The van der Waals surface area contributed by atoms with Crippen molar-refractivity contribution in [3.63, 3.8) is 0 Å². The first kappa shape index (κ1) is 33.3. The molecule has 2 unspecified atom stereocenters. The van der Waals surface area contributed by atoms with Crippen LogP contribution in [0, 0.1) is 0 Å². The van der Waals surface area contributed by atoms with Crippen molar-refractivity contribution in [3.05, 3.63) is 89.1 Å². The van der Waals surface area contributed by atoms with Crippen LogP contribution in [0.2, 0.25) is 0 Å². The molecule has 0 radical (unpaired) electrons. The van der Waals surface area contributed by atoms with E-state index in [9.17, 15) is 4.79 Å². The number of thiophene rings is 1. The van der Waals surface area contributed by atoms with Crippen LogP contribution in [0.3, 0.4) is 0 Å². The summed E-state index contributed by atoms with van der Waals surface area (Å²) in [7, 11) is 3.31. The number of aromatic nitrogens is 2. The van der Waals surface area contributed by atoms with Crippen LogP contribution in [0.25, 0.3) is 21.5 Å². The Morgan fingerprint density at radius 3 is 2.50 bits per heavy atom. The zero-order chi connectivity index (χ0) is 33.7. The van der Waals surface area contributed by atoms with Crippen LogP contribution in [0.1, 0.15) is 50.1 Å². The largest absolute Gasteiger partial charge is 0.528 e. The number of rotatable bonds is 11. The lowest BCUT2D eigenvalue weighted by molar-refractivity contribution is -0.179. The molecule has 5 aromatic rings. The summed E-state index contributed by atoms with van der Waals surface area (Å²) in [5.74, 6) is 3.09. The average Bonchev–Trinajstić information content (AvgIpc) is 3.78. The van der Waals surface area contributed by atoms with Crippen molar-refractivity contribution in [3.8, 4) is 28.0 Å². The number of nitrogens with zero attached hydrogens (tertiary/aromatic N) is 3. The molecule has 1 saturated heterocycles. The molecule has 0 N–H and O–H groups in total. The van der Waals surface area contributed by atoms with Crippen molar-refractivity contribution >= 4 is 28.3 Å². The summed E-state index contributed by atoms with van der Waals surface area (Å²) in [6, 6.07) is 21.7. The van der Waals surface area contributed by atoms with Crippen LogP contribution in [-0.4, -0.2) is 60.4 Å². The van der Waals surface area contributed by atoms with Crippen molar-refractivity contribution in [2.24, 2.45) is 0 Å². The Kier molecular flexibility index (Phi) is 10.1. The summed E-state index contributed by atoms with van der Waals surface area (Å²) in [5.41, 5.74) is 1.26. The van der Waals surface area contributed by atoms with Crippen molar-refractivity contribution in [2.75, 3.05) is 27.3 Å². The van der Waals surface area contributed by atoms with Crippen molar-refractivity contribution < 1.29 is 37.8 Å². The fraction of sp³-hybridized carbons (Fsp3) is 0.361. The minimum Gasteiger partial charge on any atom is -0.496 e. The van der Waals surface area contributed by atoms with Gasteiger partial charge in [0.25, 0.3) is 5.89 Å². The molecule has 3 heterocycles. The van der Waals surface area contributed by atoms with Gasteiger partial charge in [-0.3, -0.25) is 0 Å². The van der Waals surface area contributed by atoms with E-state index in [0.29, 0.717) is 37.0 Å². The maximum absolute atomic E-state index is 12.5. The van der Waals surface area contributed by atoms with Crippen molar-refractivity contribution in [2.45, 2.75) is 58.0 Å². The van der Waals surface area contributed by atoms with E-state index < -0.39 is 11.8 Å². The van der Waals surface area contributed by atoms with Gasteiger partial charge in [0.15, 0.2) is 6.61 Å². The molecule has 3 aromatic carbocycles. The van der Waals surface area contributed by atoms with Gasteiger partial charge < -0.3 is 33.0 Å². The van der Waals surface area contributed by atoms with E-state index in [4.69, 9.17) is 33.0 Å². The predicted octanol–water partition coefficient (Wildman–Crippen LogP) is 7.79. The second-order valence-electron chi connectivity index (χ2n) is 12.4. The van der Waals surface area contributed by atoms with E-state index >= 15 is 0 Å². The Hall–Kier alpha value is -4.65. The Morgan fingerprint density at radius 1 is 1.00 bits per heavy atom. The maximum atomic E-state index is 12.5. The molecule has 11 nitrogen and oxygen atoms in total. The van der Waals surface area contributed by atoms with Gasteiger partial charge in [-0.15, -0.1) is 16.4 Å². The topological polar surface area (TPSA) is 115 Å². The number of piperidine rings is 1. The van der Waals surface area contributed by atoms with Crippen LogP contribution < -0.4 is 14.2 Å². The second-order valence-corrected chi connectivity index (χ2v) is 13.3. The Labute approximate surface area is 283 Å². The zero-order valence-corrected chi connectivity index (χ0v) is 28.5. The molecule has 1 fully saturated rings. The zero-order valence-electron chi connectivity index (χ0n) is 27.6. The summed E-state index contributed by atoms with van der Waals surface area (Å²) in [6.07, 6.45) is -0.394. The first-order valence-electron chi connectivity index (χ1n) is 15.7. The molecule has 1 aliphatic rings. The number of benzene rings is 3. The Bertz CT molecular complexity index is 1820. The highest BCUT2D eigenvalue weighted by Crippen LogP contribution is 2.38. The van der Waals surface area contributed by atoms with Gasteiger partial charge in [0.2, 0.25) is 5.82 Å². The molecule has 0 spiro atoms. The lowest BCUT2D eigenvalue weighted by Gasteiger charge is -2.37. The molecule has 0 aliphatic carbocycles. The average molecular weight is 674 g/mol. The van der Waals surface area contributed by atoms with Gasteiger partial charge in [0, 0.05) is 28.8 Å². The number of hydroxylamine groups is 2. The van der Waals surface area contributed by atoms with E-state index in [1.54, 1.807) is 51.4 Å². The molecule has 12 heteroatoms. The number of carbonyl (C=O) groups excluding carboxylic acids is 1. The first-order valence-corrected chi connectivity index (χ1v) is 16.6. The van der Waals surface area contributed by atoms with Gasteiger partial charge in [-0.1, -0.05) is 47.6 Å². The Balaban J connectivity index is 1.18. The summed E-state index contributed by atoms with van der Waals surface area (Å²) >= 11 is 1.55. The normalized spacial score (nSPS) is 16.9. The molecule has 2 aromatic heterocycles. The molecular weight excluding hydrogens is 634 g/mol. The predicted molar refractivity (Wildman–Crippen MR) is 180 cm³/mol. The molecule has 1 aliphatic heterocycles. The van der Waals surface area contributed by atoms with E-state index in [1.807, 2.05) is 72.1 Å². The van der Waals surface area contributed by atoms with Gasteiger partial charge in [0.1, 0.15) is 22.8 Å². The number of carbonyl (C=O) groups is 1. The fourth-order valence-corrected chi connectivity index (χ4v) is 6.40.